The Morgan fingerprint density at radius 3 is 2.76 bits per heavy atom. The fourth-order valence-corrected chi connectivity index (χ4v) is 2.17. The maximum atomic E-state index is 5.78. The van der Waals surface area contributed by atoms with Gasteiger partial charge in [0, 0.05) is 13.1 Å². The second kappa shape index (κ2) is 8.34. The highest BCUT2D eigenvalue weighted by Crippen LogP contribution is 2.18. The minimum absolute atomic E-state index is 0.617. The molecule has 4 heteroatoms. The summed E-state index contributed by atoms with van der Waals surface area (Å²) in [6.45, 7) is 6.47. The largest absolute Gasteiger partial charge is 0.370 e. The summed E-state index contributed by atoms with van der Waals surface area (Å²) in [5.74, 6) is 1.48. The van der Waals surface area contributed by atoms with Crippen LogP contribution in [0.1, 0.15) is 39.0 Å². The Labute approximate surface area is 106 Å². The Kier molecular flexibility index (Phi) is 7.01. The van der Waals surface area contributed by atoms with Crippen LogP contribution < -0.4 is 11.1 Å². The molecule has 1 heterocycles. The lowest BCUT2D eigenvalue weighted by molar-refractivity contribution is 0.213. The van der Waals surface area contributed by atoms with Crippen molar-refractivity contribution in [2.45, 2.75) is 39.0 Å². The second-order valence-corrected chi connectivity index (χ2v) is 5.08. The van der Waals surface area contributed by atoms with Gasteiger partial charge in [-0.15, -0.1) is 0 Å². The van der Waals surface area contributed by atoms with Gasteiger partial charge in [-0.3, -0.25) is 4.99 Å². The van der Waals surface area contributed by atoms with Gasteiger partial charge in [0.2, 0.25) is 0 Å². The summed E-state index contributed by atoms with van der Waals surface area (Å²) >= 11 is 0. The van der Waals surface area contributed by atoms with E-state index >= 15 is 0 Å². The minimum atomic E-state index is 0.617. The molecule has 1 aliphatic heterocycles. The zero-order valence-corrected chi connectivity index (χ0v) is 11.4. The van der Waals surface area contributed by atoms with E-state index in [-0.39, 0.29) is 0 Å². The zero-order chi connectivity index (χ0) is 12.5. The number of guanidine groups is 1. The number of aliphatic imine (C=N–C) groups is 1. The molecule has 1 aliphatic rings. The molecule has 0 spiro atoms. The number of hydrogen-bond donors (Lipinski definition) is 2. The number of piperidine rings is 1. The second-order valence-electron chi connectivity index (χ2n) is 5.08. The van der Waals surface area contributed by atoms with Gasteiger partial charge in [-0.2, -0.15) is 0 Å². The van der Waals surface area contributed by atoms with Crippen LogP contribution in [-0.2, 0) is 0 Å². The van der Waals surface area contributed by atoms with Crippen molar-refractivity contribution >= 4 is 5.96 Å². The van der Waals surface area contributed by atoms with E-state index < -0.39 is 0 Å². The summed E-state index contributed by atoms with van der Waals surface area (Å²) < 4.78 is 0. The molecule has 0 saturated carbocycles. The van der Waals surface area contributed by atoms with E-state index in [1.807, 2.05) is 0 Å². The van der Waals surface area contributed by atoms with Crippen LogP contribution >= 0.6 is 0 Å². The molecule has 1 saturated heterocycles. The highest BCUT2D eigenvalue weighted by atomic mass is 15.1. The van der Waals surface area contributed by atoms with E-state index in [2.05, 4.69) is 29.2 Å². The van der Waals surface area contributed by atoms with Gasteiger partial charge in [0.1, 0.15) is 0 Å². The number of likely N-dealkylation sites (tertiary alicyclic amines) is 1. The van der Waals surface area contributed by atoms with Gasteiger partial charge in [0.15, 0.2) is 5.96 Å². The third-order valence-corrected chi connectivity index (χ3v) is 3.49. The standard InChI is InChI=1S/C13H28N4/c1-3-4-8-15-13(14)16-9-5-12-6-10-17(2)11-7-12/h12H,3-11H2,1-2H3,(H3,14,15,16). The van der Waals surface area contributed by atoms with E-state index in [0.717, 1.165) is 25.4 Å². The summed E-state index contributed by atoms with van der Waals surface area (Å²) in [5, 5.41) is 3.21. The number of unbranched alkanes of at least 4 members (excludes halogenated alkanes) is 1. The molecule has 3 N–H and O–H groups in total. The normalized spacial score (nSPS) is 19.5. The SMILES string of the molecule is CCCCN=C(N)NCCC1CCN(C)CC1. The Bertz CT molecular complexity index is 219. The first-order valence-electron chi connectivity index (χ1n) is 6.94. The van der Waals surface area contributed by atoms with E-state index in [9.17, 15) is 0 Å². The number of nitrogens with two attached hydrogens (primary N) is 1. The van der Waals surface area contributed by atoms with Crippen LogP contribution in [0.4, 0.5) is 0 Å². The van der Waals surface area contributed by atoms with Crippen molar-refractivity contribution in [3.8, 4) is 0 Å². The summed E-state index contributed by atoms with van der Waals surface area (Å²) in [6.07, 6.45) is 6.16. The molecule has 0 amide bonds. The minimum Gasteiger partial charge on any atom is -0.370 e. The van der Waals surface area contributed by atoms with Crippen molar-refractivity contribution in [2.75, 3.05) is 33.2 Å². The van der Waals surface area contributed by atoms with Crippen LogP contribution in [0.5, 0.6) is 0 Å². The van der Waals surface area contributed by atoms with Crippen molar-refractivity contribution in [1.29, 1.82) is 0 Å². The summed E-state index contributed by atoms with van der Waals surface area (Å²) in [4.78, 5) is 6.69. The van der Waals surface area contributed by atoms with Crippen molar-refractivity contribution in [1.82, 2.24) is 10.2 Å². The Hall–Kier alpha value is -0.770. The lowest BCUT2D eigenvalue weighted by atomic mass is 9.94. The summed E-state index contributed by atoms with van der Waals surface area (Å²) in [6, 6.07) is 0. The third-order valence-electron chi connectivity index (χ3n) is 3.49. The molecule has 0 bridgehead atoms. The van der Waals surface area contributed by atoms with E-state index in [1.54, 1.807) is 0 Å². The van der Waals surface area contributed by atoms with Gasteiger partial charge in [-0.05, 0) is 51.7 Å². The average molecular weight is 240 g/mol. The molecule has 0 radical (unpaired) electrons. The predicted molar refractivity (Wildman–Crippen MR) is 74.2 cm³/mol. The fourth-order valence-electron chi connectivity index (χ4n) is 2.17. The monoisotopic (exact) mass is 240 g/mol. The molecule has 0 atom stereocenters. The van der Waals surface area contributed by atoms with Gasteiger partial charge in [0.05, 0.1) is 0 Å². The van der Waals surface area contributed by atoms with E-state index in [0.29, 0.717) is 5.96 Å². The molecule has 1 fully saturated rings. The van der Waals surface area contributed by atoms with Crippen LogP contribution in [0.2, 0.25) is 0 Å². The quantitative estimate of drug-likeness (QED) is 0.419. The third kappa shape index (κ3) is 6.51. The molecule has 0 unspecified atom stereocenters. The first-order chi connectivity index (χ1) is 8.22. The molecule has 0 aromatic carbocycles. The molecular formula is C13H28N4. The summed E-state index contributed by atoms with van der Waals surface area (Å²) in [5.41, 5.74) is 5.78. The Morgan fingerprint density at radius 2 is 2.12 bits per heavy atom. The van der Waals surface area contributed by atoms with Crippen LogP contribution in [-0.4, -0.2) is 44.1 Å². The predicted octanol–water partition coefficient (Wildman–Crippen LogP) is 1.42. The maximum Gasteiger partial charge on any atom is 0.188 e. The van der Waals surface area contributed by atoms with Gasteiger partial charge in [0.25, 0.3) is 0 Å². The smallest absolute Gasteiger partial charge is 0.188 e. The van der Waals surface area contributed by atoms with Gasteiger partial charge < -0.3 is 16.0 Å². The average Bonchev–Trinajstić information content (AvgIpc) is 2.32. The topological polar surface area (TPSA) is 53.6 Å². The van der Waals surface area contributed by atoms with Crippen LogP contribution in [0.3, 0.4) is 0 Å². The van der Waals surface area contributed by atoms with Gasteiger partial charge >= 0.3 is 0 Å². The molecule has 100 valence electrons. The lowest BCUT2D eigenvalue weighted by Crippen LogP contribution is -2.35. The highest BCUT2D eigenvalue weighted by molar-refractivity contribution is 5.77. The molecule has 0 aliphatic carbocycles. The first-order valence-corrected chi connectivity index (χ1v) is 6.94. The van der Waals surface area contributed by atoms with Crippen LogP contribution in [0.25, 0.3) is 0 Å². The number of nitrogens with one attached hydrogen (secondary N) is 1. The van der Waals surface area contributed by atoms with Crippen molar-refractivity contribution in [3.63, 3.8) is 0 Å². The van der Waals surface area contributed by atoms with E-state index in [4.69, 9.17) is 5.73 Å². The lowest BCUT2D eigenvalue weighted by Gasteiger charge is -2.28. The first kappa shape index (κ1) is 14.3. The van der Waals surface area contributed by atoms with Gasteiger partial charge in [-0.25, -0.2) is 0 Å². The highest BCUT2D eigenvalue weighted by Gasteiger charge is 2.15. The molecule has 0 aromatic rings. The molecule has 0 aromatic heterocycles. The molecular weight excluding hydrogens is 212 g/mol. The van der Waals surface area contributed by atoms with Crippen molar-refractivity contribution < 1.29 is 0 Å². The van der Waals surface area contributed by atoms with Crippen LogP contribution in [0, 0.1) is 5.92 Å². The zero-order valence-electron chi connectivity index (χ0n) is 11.4. The number of rotatable bonds is 6. The van der Waals surface area contributed by atoms with Crippen molar-refractivity contribution in [3.05, 3.63) is 0 Å². The molecule has 4 nitrogen and oxygen atoms in total. The van der Waals surface area contributed by atoms with Crippen LogP contribution in [0.15, 0.2) is 4.99 Å². The summed E-state index contributed by atoms with van der Waals surface area (Å²) in [7, 11) is 2.20. The number of hydrogen-bond acceptors (Lipinski definition) is 2. The Balaban J connectivity index is 2.04. The van der Waals surface area contributed by atoms with Gasteiger partial charge in [-0.1, -0.05) is 13.3 Å². The van der Waals surface area contributed by atoms with Crippen molar-refractivity contribution in [2.24, 2.45) is 16.6 Å². The maximum absolute atomic E-state index is 5.78. The molecule has 1 rings (SSSR count). The van der Waals surface area contributed by atoms with E-state index in [1.165, 1.54) is 38.8 Å². The Morgan fingerprint density at radius 1 is 1.41 bits per heavy atom. The molecule has 17 heavy (non-hydrogen) atoms. The fraction of sp³-hybridized carbons (Fsp3) is 0.923. The number of nitrogens with zero attached hydrogens (tertiary/aromatic N) is 2.